The SMILES string of the molecule is Cc1ccc(C)c(C(=O)C=CNc2cccc3c2CCCC3)c1. The molecule has 23 heavy (non-hydrogen) atoms. The van der Waals surface area contributed by atoms with Gasteiger partial charge in [-0.15, -0.1) is 0 Å². The predicted molar refractivity (Wildman–Crippen MR) is 96.1 cm³/mol. The molecule has 2 aromatic carbocycles. The van der Waals surface area contributed by atoms with Gasteiger partial charge < -0.3 is 5.32 Å². The van der Waals surface area contributed by atoms with Crippen LogP contribution >= 0.6 is 0 Å². The molecule has 1 N–H and O–H groups in total. The Morgan fingerprint density at radius 2 is 1.91 bits per heavy atom. The predicted octanol–water partition coefficient (Wildman–Crippen LogP) is 4.99. The molecule has 0 unspecified atom stereocenters. The van der Waals surface area contributed by atoms with Crippen molar-refractivity contribution in [3.63, 3.8) is 0 Å². The van der Waals surface area contributed by atoms with E-state index >= 15 is 0 Å². The van der Waals surface area contributed by atoms with E-state index in [0.717, 1.165) is 35.2 Å². The quantitative estimate of drug-likeness (QED) is 0.637. The third-order valence-electron chi connectivity index (χ3n) is 4.53. The van der Waals surface area contributed by atoms with Crippen LogP contribution in [0, 0.1) is 13.8 Å². The lowest BCUT2D eigenvalue weighted by atomic mass is 9.90. The van der Waals surface area contributed by atoms with Crippen molar-refractivity contribution < 1.29 is 4.79 Å². The summed E-state index contributed by atoms with van der Waals surface area (Å²) in [5, 5.41) is 3.31. The molecular weight excluding hydrogens is 282 g/mol. The van der Waals surface area contributed by atoms with Gasteiger partial charge in [-0.3, -0.25) is 4.79 Å². The number of fused-ring (bicyclic) bond motifs is 1. The average molecular weight is 305 g/mol. The standard InChI is InChI=1S/C21H23NO/c1-15-10-11-16(2)19(14-15)21(23)12-13-22-20-9-5-7-17-6-3-4-8-18(17)20/h5,7,9-14,22H,3-4,6,8H2,1-2H3. The number of hydrogen-bond acceptors (Lipinski definition) is 2. The number of ketones is 1. The van der Waals surface area contributed by atoms with Crippen molar-refractivity contribution in [3.05, 3.63) is 76.5 Å². The fraction of sp³-hybridized carbons (Fsp3) is 0.286. The smallest absolute Gasteiger partial charge is 0.187 e. The zero-order chi connectivity index (χ0) is 16.2. The van der Waals surface area contributed by atoms with Crippen molar-refractivity contribution in [1.82, 2.24) is 0 Å². The van der Waals surface area contributed by atoms with Gasteiger partial charge in [0.25, 0.3) is 0 Å². The number of aryl methyl sites for hydroxylation is 3. The van der Waals surface area contributed by atoms with Crippen molar-refractivity contribution in [1.29, 1.82) is 0 Å². The summed E-state index contributed by atoms with van der Waals surface area (Å²) in [5.41, 5.74) is 6.88. The van der Waals surface area contributed by atoms with Crippen molar-refractivity contribution in [2.45, 2.75) is 39.5 Å². The minimum atomic E-state index is 0.0449. The zero-order valence-electron chi connectivity index (χ0n) is 13.9. The number of carbonyl (C=O) groups excluding carboxylic acids is 1. The van der Waals surface area contributed by atoms with Gasteiger partial charge in [-0.2, -0.15) is 0 Å². The van der Waals surface area contributed by atoms with Crippen LogP contribution in [-0.4, -0.2) is 5.78 Å². The lowest BCUT2D eigenvalue weighted by Gasteiger charge is -2.19. The van der Waals surface area contributed by atoms with Gasteiger partial charge in [0, 0.05) is 23.5 Å². The minimum absolute atomic E-state index is 0.0449. The highest BCUT2D eigenvalue weighted by molar-refractivity contribution is 6.05. The third kappa shape index (κ3) is 3.53. The van der Waals surface area contributed by atoms with Crippen molar-refractivity contribution >= 4 is 11.5 Å². The number of benzene rings is 2. The number of nitrogens with one attached hydrogen (secondary N) is 1. The largest absolute Gasteiger partial charge is 0.361 e. The van der Waals surface area contributed by atoms with Crippen LogP contribution < -0.4 is 5.32 Å². The van der Waals surface area contributed by atoms with E-state index in [9.17, 15) is 4.79 Å². The second-order valence-electron chi connectivity index (χ2n) is 6.31. The first-order chi connectivity index (χ1) is 11.1. The van der Waals surface area contributed by atoms with Gasteiger partial charge in [-0.05, 0) is 68.4 Å². The van der Waals surface area contributed by atoms with Crippen LogP contribution in [0.2, 0.25) is 0 Å². The molecule has 0 atom stereocenters. The molecule has 0 heterocycles. The normalized spacial score (nSPS) is 13.8. The number of allylic oxidation sites excluding steroid dienone is 1. The molecule has 0 radical (unpaired) electrons. The Morgan fingerprint density at radius 3 is 2.78 bits per heavy atom. The summed E-state index contributed by atoms with van der Waals surface area (Å²) in [6.07, 6.45) is 8.21. The summed E-state index contributed by atoms with van der Waals surface area (Å²) in [5.74, 6) is 0.0449. The highest BCUT2D eigenvalue weighted by Gasteiger charge is 2.12. The highest BCUT2D eigenvalue weighted by atomic mass is 16.1. The van der Waals surface area contributed by atoms with E-state index in [-0.39, 0.29) is 5.78 Å². The van der Waals surface area contributed by atoms with E-state index in [1.54, 1.807) is 12.3 Å². The third-order valence-corrected chi connectivity index (χ3v) is 4.53. The van der Waals surface area contributed by atoms with Gasteiger partial charge >= 0.3 is 0 Å². The van der Waals surface area contributed by atoms with E-state index in [4.69, 9.17) is 0 Å². The van der Waals surface area contributed by atoms with Crippen LogP contribution in [-0.2, 0) is 12.8 Å². The Bertz CT molecular complexity index is 758. The van der Waals surface area contributed by atoms with Crippen LogP contribution in [0.4, 0.5) is 5.69 Å². The van der Waals surface area contributed by atoms with E-state index in [1.165, 1.54) is 24.0 Å². The van der Waals surface area contributed by atoms with Gasteiger partial charge in [0.2, 0.25) is 0 Å². The number of rotatable bonds is 4. The minimum Gasteiger partial charge on any atom is -0.361 e. The summed E-state index contributed by atoms with van der Waals surface area (Å²) in [6.45, 7) is 3.98. The van der Waals surface area contributed by atoms with Gasteiger partial charge in [0.15, 0.2) is 5.78 Å². The van der Waals surface area contributed by atoms with Gasteiger partial charge in [0.05, 0.1) is 0 Å². The number of anilines is 1. The molecule has 3 rings (SSSR count). The first-order valence-electron chi connectivity index (χ1n) is 8.30. The molecule has 0 fully saturated rings. The van der Waals surface area contributed by atoms with Gasteiger partial charge in [-0.1, -0.05) is 29.8 Å². The Kier molecular flexibility index (Phi) is 4.61. The molecule has 118 valence electrons. The lowest BCUT2D eigenvalue weighted by Crippen LogP contribution is -2.06. The molecule has 0 spiro atoms. The molecule has 1 aliphatic rings. The Labute approximate surface area is 138 Å². The Morgan fingerprint density at radius 1 is 1.09 bits per heavy atom. The monoisotopic (exact) mass is 305 g/mol. The molecule has 2 aromatic rings. The van der Waals surface area contributed by atoms with Crippen LogP contribution in [0.3, 0.4) is 0 Å². The summed E-state index contributed by atoms with van der Waals surface area (Å²) in [6, 6.07) is 12.4. The fourth-order valence-corrected chi connectivity index (χ4v) is 3.21. The van der Waals surface area contributed by atoms with Crippen LogP contribution in [0.1, 0.15) is 45.5 Å². The maximum absolute atomic E-state index is 12.4. The van der Waals surface area contributed by atoms with Crippen LogP contribution in [0.5, 0.6) is 0 Å². The summed E-state index contributed by atoms with van der Waals surface area (Å²) >= 11 is 0. The highest BCUT2D eigenvalue weighted by Crippen LogP contribution is 2.27. The van der Waals surface area contributed by atoms with E-state index < -0.39 is 0 Å². The van der Waals surface area contributed by atoms with Crippen molar-refractivity contribution in [3.8, 4) is 0 Å². The second kappa shape index (κ2) is 6.82. The van der Waals surface area contributed by atoms with Gasteiger partial charge in [-0.25, -0.2) is 0 Å². The summed E-state index contributed by atoms with van der Waals surface area (Å²) < 4.78 is 0. The molecule has 0 aliphatic heterocycles. The molecule has 1 aliphatic carbocycles. The first kappa shape index (κ1) is 15.5. The van der Waals surface area contributed by atoms with Gasteiger partial charge in [0.1, 0.15) is 0 Å². The summed E-state index contributed by atoms with van der Waals surface area (Å²) in [7, 11) is 0. The zero-order valence-corrected chi connectivity index (χ0v) is 13.9. The molecule has 0 saturated heterocycles. The molecule has 2 heteroatoms. The molecular formula is C21H23NO. The number of hydrogen-bond donors (Lipinski definition) is 1. The maximum atomic E-state index is 12.4. The number of carbonyl (C=O) groups is 1. The molecule has 0 bridgehead atoms. The van der Waals surface area contributed by atoms with Crippen LogP contribution in [0.25, 0.3) is 0 Å². The first-order valence-corrected chi connectivity index (χ1v) is 8.30. The average Bonchev–Trinajstić information content (AvgIpc) is 2.57. The molecule has 2 nitrogen and oxygen atoms in total. The fourth-order valence-electron chi connectivity index (χ4n) is 3.21. The summed E-state index contributed by atoms with van der Waals surface area (Å²) in [4.78, 5) is 12.4. The van der Waals surface area contributed by atoms with Crippen molar-refractivity contribution in [2.24, 2.45) is 0 Å². The maximum Gasteiger partial charge on any atom is 0.187 e. The molecule has 0 amide bonds. The van der Waals surface area contributed by atoms with Crippen molar-refractivity contribution in [2.75, 3.05) is 5.32 Å². The van der Waals surface area contributed by atoms with Crippen LogP contribution in [0.15, 0.2) is 48.7 Å². The second-order valence-corrected chi connectivity index (χ2v) is 6.31. The van der Waals surface area contributed by atoms with E-state index in [1.807, 2.05) is 32.0 Å². The Balaban J connectivity index is 1.74. The van der Waals surface area contributed by atoms with E-state index in [0.29, 0.717) is 0 Å². The topological polar surface area (TPSA) is 29.1 Å². The van der Waals surface area contributed by atoms with E-state index in [2.05, 4.69) is 23.5 Å². The lowest BCUT2D eigenvalue weighted by molar-refractivity contribution is 0.104. The Hall–Kier alpha value is -2.35. The molecule has 0 saturated carbocycles. The molecule has 0 aromatic heterocycles.